The van der Waals surface area contributed by atoms with Crippen LogP contribution in [0.3, 0.4) is 0 Å². The summed E-state index contributed by atoms with van der Waals surface area (Å²) >= 11 is 0. The average Bonchev–Trinajstić information content (AvgIpc) is 3.12. The van der Waals surface area contributed by atoms with Crippen molar-refractivity contribution in [3.05, 3.63) is 0 Å². The van der Waals surface area contributed by atoms with Crippen molar-refractivity contribution in [2.24, 2.45) is 11.3 Å². The van der Waals surface area contributed by atoms with E-state index in [9.17, 15) is 4.79 Å². The van der Waals surface area contributed by atoms with Crippen molar-refractivity contribution in [3.63, 3.8) is 0 Å². The highest BCUT2D eigenvalue weighted by atomic mass is 16.2. The first kappa shape index (κ1) is 14.8. The summed E-state index contributed by atoms with van der Waals surface area (Å²) in [6, 6.07) is 1.07. The number of hydrogen-bond acceptors (Lipinski definition) is 2. The van der Waals surface area contributed by atoms with Gasteiger partial charge in [0, 0.05) is 32.2 Å². The fraction of sp³-hybridized carbons (Fsp3) is 0.944. The van der Waals surface area contributed by atoms with Gasteiger partial charge in [-0.05, 0) is 62.8 Å². The molecule has 2 amide bonds. The fourth-order valence-electron chi connectivity index (χ4n) is 4.95. The molecule has 1 atom stereocenters. The van der Waals surface area contributed by atoms with Crippen LogP contribution in [0.1, 0.15) is 57.8 Å². The van der Waals surface area contributed by atoms with E-state index >= 15 is 0 Å². The number of piperidine rings is 1. The number of carbonyl (C=O) groups is 1. The largest absolute Gasteiger partial charge is 0.338 e. The van der Waals surface area contributed by atoms with E-state index in [0.717, 1.165) is 25.7 Å². The predicted molar refractivity (Wildman–Crippen MR) is 87.8 cm³/mol. The van der Waals surface area contributed by atoms with Crippen molar-refractivity contribution < 1.29 is 4.79 Å². The van der Waals surface area contributed by atoms with E-state index < -0.39 is 0 Å². The van der Waals surface area contributed by atoms with Crippen LogP contribution < -0.4 is 5.32 Å². The van der Waals surface area contributed by atoms with E-state index in [-0.39, 0.29) is 6.03 Å². The molecule has 0 unspecified atom stereocenters. The Bertz CT molecular complexity index is 405. The van der Waals surface area contributed by atoms with Gasteiger partial charge >= 0.3 is 6.03 Å². The minimum atomic E-state index is 0.192. The lowest BCUT2D eigenvalue weighted by molar-refractivity contribution is 0.120. The molecule has 1 N–H and O–H groups in total. The first-order valence-corrected chi connectivity index (χ1v) is 9.51. The standard InChI is InChI=1S/C18H31N3O/c22-17(19-13-15-5-10-21(14-15)16-3-4-16)20-11-8-18(9-12-20)6-1-2-7-18/h15-16H,1-14H2,(H,19,22)/t15-/m0/s1. The number of amides is 2. The highest BCUT2D eigenvalue weighted by Gasteiger charge is 2.38. The SMILES string of the molecule is O=C(NC[C@@H]1CCN(C2CC2)C1)N1CCC2(CCCC2)CC1. The quantitative estimate of drug-likeness (QED) is 0.870. The van der Waals surface area contributed by atoms with E-state index in [2.05, 4.69) is 15.1 Å². The summed E-state index contributed by atoms with van der Waals surface area (Å²) < 4.78 is 0. The van der Waals surface area contributed by atoms with Gasteiger partial charge in [0.05, 0.1) is 0 Å². The lowest BCUT2D eigenvalue weighted by Gasteiger charge is -2.39. The van der Waals surface area contributed by atoms with Crippen LogP contribution in [0.25, 0.3) is 0 Å². The van der Waals surface area contributed by atoms with Crippen LogP contribution in [0.4, 0.5) is 4.79 Å². The van der Waals surface area contributed by atoms with Gasteiger partial charge in [0.2, 0.25) is 0 Å². The van der Waals surface area contributed by atoms with Gasteiger partial charge in [0.15, 0.2) is 0 Å². The summed E-state index contributed by atoms with van der Waals surface area (Å²) in [4.78, 5) is 17.1. The maximum absolute atomic E-state index is 12.4. The summed E-state index contributed by atoms with van der Waals surface area (Å²) in [6.07, 6.45) is 12.2. The second-order valence-electron chi connectivity index (χ2n) is 8.26. The molecule has 4 rings (SSSR count). The lowest BCUT2D eigenvalue weighted by Crippen LogP contribution is -2.47. The molecule has 0 radical (unpaired) electrons. The lowest BCUT2D eigenvalue weighted by atomic mass is 9.77. The molecule has 4 heteroatoms. The number of nitrogens with one attached hydrogen (secondary N) is 1. The Morgan fingerprint density at radius 3 is 2.41 bits per heavy atom. The molecule has 4 nitrogen and oxygen atoms in total. The summed E-state index contributed by atoms with van der Waals surface area (Å²) in [5.41, 5.74) is 0.604. The monoisotopic (exact) mass is 305 g/mol. The number of carbonyl (C=O) groups excluding carboxylic acids is 1. The molecular formula is C18H31N3O. The summed E-state index contributed by atoms with van der Waals surface area (Å²) in [6.45, 7) is 5.28. The van der Waals surface area contributed by atoms with Gasteiger partial charge in [-0.15, -0.1) is 0 Å². The maximum atomic E-state index is 12.4. The number of likely N-dealkylation sites (tertiary alicyclic amines) is 2. The van der Waals surface area contributed by atoms with E-state index in [1.165, 1.54) is 70.9 Å². The summed E-state index contributed by atoms with van der Waals surface area (Å²) in [5, 5.41) is 3.21. The van der Waals surface area contributed by atoms with Crippen LogP contribution in [0.5, 0.6) is 0 Å². The Hall–Kier alpha value is -0.770. The van der Waals surface area contributed by atoms with E-state index in [1.54, 1.807) is 0 Å². The Kier molecular flexibility index (Phi) is 4.05. The Morgan fingerprint density at radius 2 is 1.73 bits per heavy atom. The van der Waals surface area contributed by atoms with Crippen molar-refractivity contribution >= 4 is 6.03 Å². The van der Waals surface area contributed by atoms with Gasteiger partial charge in [-0.1, -0.05) is 12.8 Å². The molecule has 4 fully saturated rings. The molecule has 0 aromatic rings. The zero-order valence-corrected chi connectivity index (χ0v) is 13.9. The van der Waals surface area contributed by atoms with Crippen molar-refractivity contribution in [1.29, 1.82) is 0 Å². The van der Waals surface area contributed by atoms with Gasteiger partial charge in [0.25, 0.3) is 0 Å². The number of rotatable bonds is 3. The minimum absolute atomic E-state index is 0.192. The molecule has 0 bridgehead atoms. The summed E-state index contributed by atoms with van der Waals surface area (Å²) in [7, 11) is 0. The Morgan fingerprint density at radius 1 is 1.00 bits per heavy atom. The van der Waals surface area contributed by atoms with Crippen LogP contribution in [0.2, 0.25) is 0 Å². The average molecular weight is 305 g/mol. The number of nitrogens with zero attached hydrogens (tertiary/aromatic N) is 2. The molecule has 124 valence electrons. The van der Waals surface area contributed by atoms with Crippen molar-refractivity contribution in [3.8, 4) is 0 Å². The molecule has 2 aliphatic carbocycles. The molecule has 1 spiro atoms. The van der Waals surface area contributed by atoms with Crippen molar-refractivity contribution in [2.45, 2.75) is 63.8 Å². The van der Waals surface area contributed by atoms with Crippen LogP contribution in [0, 0.1) is 11.3 Å². The number of hydrogen-bond donors (Lipinski definition) is 1. The summed E-state index contributed by atoms with van der Waals surface area (Å²) in [5.74, 6) is 0.676. The van der Waals surface area contributed by atoms with E-state index in [4.69, 9.17) is 0 Å². The third kappa shape index (κ3) is 3.12. The molecule has 4 aliphatic rings. The van der Waals surface area contributed by atoms with Gasteiger partial charge in [0.1, 0.15) is 0 Å². The van der Waals surface area contributed by atoms with E-state index in [1.807, 2.05) is 0 Å². The van der Waals surface area contributed by atoms with Gasteiger partial charge in [-0.2, -0.15) is 0 Å². The molecule has 2 saturated carbocycles. The third-order valence-electron chi connectivity index (χ3n) is 6.70. The smallest absolute Gasteiger partial charge is 0.317 e. The second-order valence-corrected chi connectivity index (χ2v) is 8.26. The van der Waals surface area contributed by atoms with Crippen LogP contribution in [-0.4, -0.2) is 54.6 Å². The van der Waals surface area contributed by atoms with Crippen LogP contribution in [0.15, 0.2) is 0 Å². The Labute approximate surface area is 134 Å². The van der Waals surface area contributed by atoms with Gasteiger partial charge in [-0.3, -0.25) is 0 Å². The minimum Gasteiger partial charge on any atom is -0.338 e. The first-order chi connectivity index (χ1) is 10.7. The molecule has 0 aromatic heterocycles. The molecule has 22 heavy (non-hydrogen) atoms. The van der Waals surface area contributed by atoms with Crippen LogP contribution >= 0.6 is 0 Å². The number of urea groups is 1. The van der Waals surface area contributed by atoms with E-state index in [0.29, 0.717) is 11.3 Å². The first-order valence-electron chi connectivity index (χ1n) is 9.51. The van der Waals surface area contributed by atoms with Crippen LogP contribution in [-0.2, 0) is 0 Å². The predicted octanol–water partition coefficient (Wildman–Crippen LogP) is 2.84. The normalized spacial score (nSPS) is 31.8. The van der Waals surface area contributed by atoms with Gasteiger partial charge in [-0.25, -0.2) is 4.79 Å². The molecular weight excluding hydrogens is 274 g/mol. The zero-order valence-electron chi connectivity index (χ0n) is 13.9. The molecule has 2 saturated heterocycles. The topological polar surface area (TPSA) is 35.6 Å². The highest BCUT2D eigenvalue weighted by Crippen LogP contribution is 2.46. The second kappa shape index (κ2) is 6.03. The van der Waals surface area contributed by atoms with Crippen molar-refractivity contribution in [1.82, 2.24) is 15.1 Å². The highest BCUT2D eigenvalue weighted by molar-refractivity contribution is 5.74. The maximum Gasteiger partial charge on any atom is 0.317 e. The molecule has 2 heterocycles. The third-order valence-corrected chi connectivity index (χ3v) is 6.70. The van der Waals surface area contributed by atoms with Gasteiger partial charge < -0.3 is 15.1 Å². The fourth-order valence-corrected chi connectivity index (χ4v) is 4.95. The Balaban J connectivity index is 1.18. The molecule has 0 aromatic carbocycles. The van der Waals surface area contributed by atoms with Crippen molar-refractivity contribution in [2.75, 3.05) is 32.7 Å². The molecule has 2 aliphatic heterocycles. The zero-order chi connectivity index (χ0) is 15.0.